The molecule has 0 radical (unpaired) electrons. The summed E-state index contributed by atoms with van der Waals surface area (Å²) in [4.78, 5) is 28.0. The molecule has 0 atom stereocenters. The molecule has 9 nitrogen and oxygen atoms in total. The number of ether oxygens (including phenoxy) is 1. The van der Waals surface area contributed by atoms with Crippen LogP contribution in [-0.4, -0.2) is 66.3 Å². The summed E-state index contributed by atoms with van der Waals surface area (Å²) in [5, 5.41) is 9.02. The quantitative estimate of drug-likeness (QED) is 0.496. The van der Waals surface area contributed by atoms with Gasteiger partial charge in [0.15, 0.2) is 0 Å². The van der Waals surface area contributed by atoms with Gasteiger partial charge in [0.05, 0.1) is 19.8 Å². The normalized spacial score (nSPS) is 15.0. The third-order valence-corrected chi connectivity index (χ3v) is 4.55. The molecule has 2 aromatic rings. The van der Waals surface area contributed by atoms with E-state index in [9.17, 15) is 4.79 Å². The standard InChI is InChI=1S/C20H26ClN7O2/c1-14-12-15(2)24-19(23-14)26-18(22-6-7-28-8-10-30-11-9-28)27-20(29)25-17-5-3-4-16(21)13-17/h3-5,12-13H,6-11H2,1-2H3,(H3,22,23,24,25,26,27,29). The first kappa shape index (κ1) is 21.9. The zero-order valence-electron chi connectivity index (χ0n) is 17.1. The van der Waals surface area contributed by atoms with Crippen LogP contribution in [0, 0.1) is 13.8 Å². The number of benzene rings is 1. The first-order valence-electron chi connectivity index (χ1n) is 9.75. The van der Waals surface area contributed by atoms with Crippen LogP contribution >= 0.6 is 11.6 Å². The predicted molar refractivity (Wildman–Crippen MR) is 118 cm³/mol. The van der Waals surface area contributed by atoms with E-state index in [1.54, 1.807) is 24.3 Å². The minimum atomic E-state index is -0.445. The van der Waals surface area contributed by atoms with Gasteiger partial charge in [0.25, 0.3) is 0 Å². The fourth-order valence-corrected chi connectivity index (χ4v) is 3.15. The van der Waals surface area contributed by atoms with Crippen molar-refractivity contribution in [1.82, 2.24) is 20.2 Å². The SMILES string of the molecule is Cc1cc(C)nc(NC(=NCCN2CCOCC2)NC(=O)Nc2cccc(Cl)c2)n1. The van der Waals surface area contributed by atoms with Crippen LogP contribution in [0.3, 0.4) is 0 Å². The number of hydrogen-bond donors (Lipinski definition) is 3. The highest BCUT2D eigenvalue weighted by Crippen LogP contribution is 2.14. The number of aromatic nitrogens is 2. The third-order valence-electron chi connectivity index (χ3n) is 4.32. The summed E-state index contributed by atoms with van der Waals surface area (Å²) in [6, 6.07) is 8.34. The van der Waals surface area contributed by atoms with E-state index in [1.165, 1.54) is 0 Å². The summed E-state index contributed by atoms with van der Waals surface area (Å²) < 4.78 is 5.37. The number of aliphatic imine (C=N–C) groups is 1. The lowest BCUT2D eigenvalue weighted by Crippen LogP contribution is -2.41. The van der Waals surface area contributed by atoms with E-state index in [1.807, 2.05) is 19.9 Å². The molecule has 1 aromatic heterocycles. The maximum absolute atomic E-state index is 12.5. The molecular weight excluding hydrogens is 406 g/mol. The largest absolute Gasteiger partial charge is 0.379 e. The first-order valence-corrected chi connectivity index (χ1v) is 10.1. The molecule has 10 heteroatoms. The molecule has 0 unspecified atom stereocenters. The number of morpholine rings is 1. The number of halogens is 1. The van der Waals surface area contributed by atoms with Crippen molar-refractivity contribution in [3.05, 3.63) is 46.7 Å². The van der Waals surface area contributed by atoms with Crippen molar-refractivity contribution in [1.29, 1.82) is 0 Å². The highest BCUT2D eigenvalue weighted by molar-refractivity contribution is 6.30. The molecule has 0 saturated carbocycles. The summed E-state index contributed by atoms with van der Waals surface area (Å²) in [6.07, 6.45) is 0. The third kappa shape index (κ3) is 7.25. The van der Waals surface area contributed by atoms with Crippen LogP contribution in [0.25, 0.3) is 0 Å². The minimum absolute atomic E-state index is 0.271. The summed E-state index contributed by atoms with van der Waals surface area (Å²) in [6.45, 7) is 8.24. The summed E-state index contributed by atoms with van der Waals surface area (Å²) in [7, 11) is 0. The van der Waals surface area contributed by atoms with Crippen LogP contribution in [0.4, 0.5) is 16.4 Å². The van der Waals surface area contributed by atoms with Crippen LogP contribution in [0.1, 0.15) is 11.4 Å². The van der Waals surface area contributed by atoms with E-state index in [2.05, 4.69) is 35.8 Å². The maximum atomic E-state index is 12.5. The number of guanidine groups is 1. The van der Waals surface area contributed by atoms with Gasteiger partial charge in [-0.05, 0) is 38.1 Å². The Morgan fingerprint density at radius 2 is 1.90 bits per heavy atom. The number of nitrogens with zero attached hydrogens (tertiary/aromatic N) is 4. The molecule has 2 amide bonds. The molecule has 2 heterocycles. The Morgan fingerprint density at radius 1 is 1.17 bits per heavy atom. The van der Waals surface area contributed by atoms with E-state index in [0.717, 1.165) is 44.2 Å². The average molecular weight is 432 g/mol. The summed E-state index contributed by atoms with van der Waals surface area (Å²) in [5.41, 5.74) is 2.22. The Morgan fingerprint density at radius 3 is 2.60 bits per heavy atom. The van der Waals surface area contributed by atoms with Gasteiger partial charge in [0.2, 0.25) is 11.9 Å². The van der Waals surface area contributed by atoms with Gasteiger partial charge in [-0.15, -0.1) is 0 Å². The topological polar surface area (TPSA) is 104 Å². The summed E-state index contributed by atoms with van der Waals surface area (Å²) in [5.74, 6) is 0.647. The second-order valence-electron chi connectivity index (χ2n) is 6.87. The Labute approximate surface area is 180 Å². The lowest BCUT2D eigenvalue weighted by molar-refractivity contribution is 0.0394. The van der Waals surface area contributed by atoms with Crippen LogP contribution < -0.4 is 16.0 Å². The molecule has 1 aromatic carbocycles. The number of carbonyl (C=O) groups is 1. The van der Waals surface area contributed by atoms with Crippen LogP contribution in [0.5, 0.6) is 0 Å². The lowest BCUT2D eigenvalue weighted by Gasteiger charge is -2.25. The molecule has 3 N–H and O–H groups in total. The number of amides is 2. The smallest absolute Gasteiger partial charge is 0.326 e. The van der Waals surface area contributed by atoms with Crippen LogP contribution in [-0.2, 0) is 4.74 Å². The van der Waals surface area contributed by atoms with Gasteiger partial charge in [0, 0.05) is 41.7 Å². The summed E-state index contributed by atoms with van der Waals surface area (Å²) >= 11 is 5.98. The van der Waals surface area contributed by atoms with Crippen molar-refractivity contribution in [2.24, 2.45) is 4.99 Å². The number of urea groups is 1. The van der Waals surface area contributed by atoms with Crippen LogP contribution in [0.2, 0.25) is 5.02 Å². The lowest BCUT2D eigenvalue weighted by atomic mass is 10.3. The monoisotopic (exact) mass is 431 g/mol. The van der Waals surface area contributed by atoms with E-state index >= 15 is 0 Å². The number of hydrogen-bond acceptors (Lipinski definition) is 6. The predicted octanol–water partition coefficient (Wildman–Crippen LogP) is 2.67. The van der Waals surface area contributed by atoms with E-state index in [4.69, 9.17) is 16.3 Å². The van der Waals surface area contributed by atoms with Gasteiger partial charge in [-0.1, -0.05) is 17.7 Å². The molecule has 1 aliphatic heterocycles. The Kier molecular flexibility index (Phi) is 7.95. The van der Waals surface area contributed by atoms with Crippen LogP contribution in [0.15, 0.2) is 35.3 Å². The van der Waals surface area contributed by atoms with Crippen molar-refractivity contribution < 1.29 is 9.53 Å². The van der Waals surface area contributed by atoms with E-state index in [-0.39, 0.29) is 5.96 Å². The minimum Gasteiger partial charge on any atom is -0.379 e. The van der Waals surface area contributed by atoms with Gasteiger partial charge in [-0.3, -0.25) is 20.5 Å². The number of carbonyl (C=O) groups excluding carboxylic acids is 1. The van der Waals surface area contributed by atoms with Crippen molar-refractivity contribution in [3.8, 4) is 0 Å². The van der Waals surface area contributed by atoms with Gasteiger partial charge >= 0.3 is 6.03 Å². The maximum Gasteiger partial charge on any atom is 0.326 e. The first-order chi connectivity index (χ1) is 14.5. The fraction of sp³-hybridized carbons (Fsp3) is 0.400. The highest BCUT2D eigenvalue weighted by atomic mass is 35.5. The molecule has 1 saturated heterocycles. The van der Waals surface area contributed by atoms with E-state index < -0.39 is 6.03 Å². The van der Waals surface area contributed by atoms with Crippen molar-refractivity contribution in [2.75, 3.05) is 50.0 Å². The number of aryl methyl sites for hydroxylation is 2. The average Bonchev–Trinajstić information content (AvgIpc) is 2.68. The number of anilines is 2. The Bertz CT molecular complexity index is 880. The van der Waals surface area contributed by atoms with Gasteiger partial charge in [-0.25, -0.2) is 14.8 Å². The molecule has 0 aliphatic carbocycles. The Hall–Kier alpha value is -2.75. The molecule has 1 fully saturated rings. The fourth-order valence-electron chi connectivity index (χ4n) is 2.96. The Balaban J connectivity index is 1.66. The number of nitrogens with one attached hydrogen (secondary N) is 3. The van der Waals surface area contributed by atoms with E-state index in [0.29, 0.717) is 23.2 Å². The molecule has 30 heavy (non-hydrogen) atoms. The van der Waals surface area contributed by atoms with Crippen molar-refractivity contribution in [2.45, 2.75) is 13.8 Å². The van der Waals surface area contributed by atoms with Crippen molar-refractivity contribution >= 4 is 35.2 Å². The second-order valence-corrected chi connectivity index (χ2v) is 7.31. The molecule has 3 rings (SSSR count). The van der Waals surface area contributed by atoms with Gasteiger partial charge in [-0.2, -0.15) is 0 Å². The van der Waals surface area contributed by atoms with Gasteiger partial charge in [0.1, 0.15) is 0 Å². The molecule has 1 aliphatic rings. The zero-order valence-corrected chi connectivity index (χ0v) is 17.9. The zero-order chi connectivity index (χ0) is 21.3. The molecule has 0 spiro atoms. The molecule has 160 valence electrons. The second kappa shape index (κ2) is 10.9. The van der Waals surface area contributed by atoms with Crippen molar-refractivity contribution in [3.63, 3.8) is 0 Å². The molecule has 0 bridgehead atoms. The number of rotatable bonds is 5. The van der Waals surface area contributed by atoms with Gasteiger partial charge < -0.3 is 10.1 Å². The molecular formula is C20H26ClN7O2. The highest BCUT2D eigenvalue weighted by Gasteiger charge is 2.12.